The van der Waals surface area contributed by atoms with E-state index in [2.05, 4.69) is 4.90 Å². The molecule has 0 saturated carbocycles. The zero-order chi connectivity index (χ0) is 18.7. The van der Waals surface area contributed by atoms with Gasteiger partial charge < -0.3 is 5.73 Å². The van der Waals surface area contributed by atoms with Gasteiger partial charge in [0.05, 0.1) is 4.92 Å². The number of piperazine rings is 1. The Morgan fingerprint density at radius 1 is 1.04 bits per heavy atom. The number of anilines is 1. The number of benzene rings is 2. The molecule has 1 aliphatic heterocycles. The third-order valence-corrected chi connectivity index (χ3v) is 6.31. The molecule has 10 heteroatoms. The maximum absolute atomic E-state index is 12.8. The molecule has 0 radical (unpaired) electrons. The van der Waals surface area contributed by atoms with Crippen LogP contribution < -0.4 is 5.73 Å². The summed E-state index contributed by atoms with van der Waals surface area (Å²) in [5.41, 5.74) is 7.15. The Morgan fingerprint density at radius 3 is 2.33 bits per heavy atom. The Hall–Kier alpha value is -2.20. The molecule has 0 bridgehead atoms. The zero-order valence-corrected chi connectivity index (χ0v) is 16.2. The molecule has 0 amide bonds. The van der Waals surface area contributed by atoms with Crippen molar-refractivity contribution in [3.8, 4) is 0 Å². The van der Waals surface area contributed by atoms with Crippen LogP contribution in [0.4, 0.5) is 11.4 Å². The highest BCUT2D eigenvalue weighted by Gasteiger charge is 2.33. The zero-order valence-electron chi connectivity index (χ0n) is 14.5. The van der Waals surface area contributed by atoms with Gasteiger partial charge in [-0.15, -0.1) is 12.4 Å². The summed E-state index contributed by atoms with van der Waals surface area (Å²) in [6.45, 7) is 2.36. The van der Waals surface area contributed by atoms with Crippen molar-refractivity contribution in [3.63, 3.8) is 0 Å². The lowest BCUT2D eigenvalue weighted by Gasteiger charge is -2.33. The molecule has 0 atom stereocenters. The van der Waals surface area contributed by atoms with Crippen LogP contribution in [0.3, 0.4) is 0 Å². The third kappa shape index (κ3) is 4.75. The second-order valence-corrected chi connectivity index (χ2v) is 8.06. The lowest BCUT2D eigenvalue weighted by Crippen LogP contribution is -2.48. The molecule has 1 heterocycles. The molecular weight excluding hydrogens is 392 g/mol. The van der Waals surface area contributed by atoms with Crippen molar-refractivity contribution in [1.29, 1.82) is 0 Å². The predicted octanol–water partition coefficient (Wildman–Crippen LogP) is 2.11. The van der Waals surface area contributed by atoms with Gasteiger partial charge in [-0.3, -0.25) is 15.0 Å². The topological polar surface area (TPSA) is 110 Å². The highest BCUT2D eigenvalue weighted by Crippen LogP contribution is 2.27. The van der Waals surface area contributed by atoms with E-state index in [4.69, 9.17) is 5.73 Å². The fourth-order valence-corrected chi connectivity index (χ4v) is 4.62. The third-order valence-electron chi connectivity index (χ3n) is 4.37. The first-order valence-corrected chi connectivity index (χ1v) is 9.62. The fourth-order valence-electron chi connectivity index (χ4n) is 3.04. The van der Waals surface area contributed by atoms with E-state index in [0.29, 0.717) is 25.3 Å². The smallest absolute Gasteiger partial charge is 0.289 e. The number of hydrogen-bond donors (Lipinski definition) is 1. The van der Waals surface area contributed by atoms with E-state index in [0.717, 1.165) is 5.56 Å². The number of nitrogens with two attached hydrogens (primary N) is 1. The summed E-state index contributed by atoms with van der Waals surface area (Å²) in [6.07, 6.45) is 0. The molecule has 0 aromatic heterocycles. The van der Waals surface area contributed by atoms with E-state index in [1.54, 1.807) is 0 Å². The second kappa shape index (κ2) is 8.66. The van der Waals surface area contributed by atoms with Gasteiger partial charge in [-0.1, -0.05) is 24.3 Å². The van der Waals surface area contributed by atoms with Gasteiger partial charge in [-0.25, -0.2) is 8.42 Å². The van der Waals surface area contributed by atoms with Crippen LogP contribution in [0.15, 0.2) is 53.4 Å². The Kier molecular flexibility index (Phi) is 6.77. The maximum atomic E-state index is 12.8. The lowest BCUT2D eigenvalue weighted by molar-refractivity contribution is -0.387. The van der Waals surface area contributed by atoms with Crippen LogP contribution in [0.25, 0.3) is 0 Å². The first-order chi connectivity index (χ1) is 12.4. The summed E-state index contributed by atoms with van der Waals surface area (Å²) in [5.74, 6) is 0. The molecule has 2 N–H and O–H groups in total. The monoisotopic (exact) mass is 412 g/mol. The fraction of sp³-hybridized carbons (Fsp3) is 0.294. The number of hydrogen-bond acceptors (Lipinski definition) is 6. The van der Waals surface area contributed by atoms with Gasteiger partial charge in [0.15, 0.2) is 4.90 Å². The van der Waals surface area contributed by atoms with Crippen molar-refractivity contribution in [1.82, 2.24) is 9.21 Å². The van der Waals surface area contributed by atoms with E-state index in [-0.39, 0.29) is 30.4 Å². The van der Waals surface area contributed by atoms with E-state index in [1.807, 2.05) is 24.3 Å². The van der Waals surface area contributed by atoms with Crippen molar-refractivity contribution in [2.45, 2.75) is 11.4 Å². The highest BCUT2D eigenvalue weighted by atomic mass is 35.5. The summed E-state index contributed by atoms with van der Waals surface area (Å²) in [5, 5.41) is 11.1. The van der Waals surface area contributed by atoms with Gasteiger partial charge in [0.25, 0.3) is 5.69 Å². The number of sulfonamides is 1. The van der Waals surface area contributed by atoms with E-state index in [1.165, 1.54) is 28.6 Å². The minimum atomic E-state index is -3.90. The largest absolute Gasteiger partial charge is 0.399 e. The molecule has 1 aliphatic rings. The van der Waals surface area contributed by atoms with Gasteiger partial charge in [-0.2, -0.15) is 4.31 Å². The van der Waals surface area contributed by atoms with Crippen molar-refractivity contribution in [2.24, 2.45) is 0 Å². The lowest BCUT2D eigenvalue weighted by atomic mass is 10.2. The number of nitrogens with zero attached hydrogens (tertiary/aromatic N) is 3. The first-order valence-electron chi connectivity index (χ1n) is 8.18. The number of nitrogen functional groups attached to an aromatic ring is 1. The normalized spacial score (nSPS) is 15.9. The SMILES string of the molecule is Cl.Nc1cccc(CN2CCN(S(=O)(=O)c3ccccc3[N+](=O)[O-])CC2)c1. The van der Waals surface area contributed by atoms with Crippen LogP contribution in [0.5, 0.6) is 0 Å². The summed E-state index contributed by atoms with van der Waals surface area (Å²) in [6, 6.07) is 13.0. The molecule has 0 spiro atoms. The van der Waals surface area contributed by atoms with Crippen molar-refractivity contribution >= 4 is 33.8 Å². The molecule has 27 heavy (non-hydrogen) atoms. The Morgan fingerprint density at radius 2 is 1.70 bits per heavy atom. The van der Waals surface area contributed by atoms with Crippen molar-refractivity contribution in [2.75, 3.05) is 31.9 Å². The van der Waals surface area contributed by atoms with Gasteiger partial charge in [0.2, 0.25) is 10.0 Å². The number of nitro benzene ring substituents is 1. The minimum Gasteiger partial charge on any atom is -0.399 e. The summed E-state index contributed by atoms with van der Waals surface area (Å²) < 4.78 is 26.9. The summed E-state index contributed by atoms with van der Waals surface area (Å²) in [7, 11) is -3.90. The van der Waals surface area contributed by atoms with E-state index < -0.39 is 20.6 Å². The van der Waals surface area contributed by atoms with E-state index in [9.17, 15) is 18.5 Å². The number of nitro groups is 1. The van der Waals surface area contributed by atoms with Gasteiger partial charge >= 0.3 is 0 Å². The van der Waals surface area contributed by atoms with Crippen molar-refractivity contribution in [3.05, 3.63) is 64.2 Å². The second-order valence-electron chi connectivity index (χ2n) is 6.15. The number of rotatable bonds is 5. The van der Waals surface area contributed by atoms with Crippen LogP contribution in [0.2, 0.25) is 0 Å². The molecule has 2 aromatic rings. The molecule has 1 saturated heterocycles. The van der Waals surface area contributed by atoms with Gasteiger partial charge in [0, 0.05) is 44.5 Å². The molecule has 0 aliphatic carbocycles. The quantitative estimate of drug-likeness (QED) is 0.457. The number of halogens is 1. The highest BCUT2D eigenvalue weighted by molar-refractivity contribution is 7.89. The number of para-hydroxylation sites is 1. The maximum Gasteiger partial charge on any atom is 0.289 e. The molecule has 3 rings (SSSR count). The molecule has 0 unspecified atom stereocenters. The predicted molar refractivity (Wildman–Crippen MR) is 105 cm³/mol. The van der Waals surface area contributed by atoms with Crippen LogP contribution in [0.1, 0.15) is 5.56 Å². The summed E-state index contributed by atoms with van der Waals surface area (Å²) >= 11 is 0. The van der Waals surface area contributed by atoms with E-state index >= 15 is 0 Å². The molecule has 146 valence electrons. The molecule has 1 fully saturated rings. The standard InChI is InChI=1S/C17H20N4O4S.ClH/c18-15-5-3-4-14(12-15)13-19-8-10-20(11-9-19)26(24,25)17-7-2-1-6-16(17)21(22)23;/h1-7,12H,8-11,13,18H2;1H. The van der Waals surface area contributed by atoms with Crippen molar-refractivity contribution < 1.29 is 13.3 Å². The van der Waals surface area contributed by atoms with Crippen LogP contribution in [0, 0.1) is 10.1 Å². The average Bonchev–Trinajstić information content (AvgIpc) is 2.62. The van der Waals surface area contributed by atoms with Crippen LogP contribution in [-0.4, -0.2) is 48.7 Å². The van der Waals surface area contributed by atoms with Crippen LogP contribution >= 0.6 is 12.4 Å². The Labute approximate surface area is 164 Å². The molecule has 2 aromatic carbocycles. The Bertz CT molecular complexity index is 915. The average molecular weight is 413 g/mol. The molecule has 8 nitrogen and oxygen atoms in total. The van der Waals surface area contributed by atoms with Gasteiger partial charge in [0.1, 0.15) is 0 Å². The summed E-state index contributed by atoms with van der Waals surface area (Å²) in [4.78, 5) is 12.4. The molecular formula is C17H21ClN4O4S. The minimum absolute atomic E-state index is 0. The Balaban J connectivity index is 0.00000261. The van der Waals surface area contributed by atoms with Crippen LogP contribution in [-0.2, 0) is 16.6 Å². The first kappa shape index (κ1) is 21.1. The van der Waals surface area contributed by atoms with Gasteiger partial charge in [-0.05, 0) is 23.8 Å².